The lowest BCUT2D eigenvalue weighted by atomic mass is 10.0. The van der Waals surface area contributed by atoms with Gasteiger partial charge in [-0.25, -0.2) is 4.79 Å². The van der Waals surface area contributed by atoms with Crippen LogP contribution in [0.25, 0.3) is 0 Å². The van der Waals surface area contributed by atoms with E-state index in [4.69, 9.17) is 9.84 Å². The number of aliphatic carboxylic acids is 1. The number of carboxylic acid groups (broad SMARTS) is 1. The van der Waals surface area contributed by atoms with E-state index in [1.54, 1.807) is 0 Å². The highest BCUT2D eigenvalue weighted by molar-refractivity contribution is 5.79. The van der Waals surface area contributed by atoms with Gasteiger partial charge in [-0.15, -0.1) is 0 Å². The molecule has 8 nitrogen and oxygen atoms in total. The van der Waals surface area contributed by atoms with Crippen LogP contribution in [0.1, 0.15) is 27.2 Å². The number of rotatable bonds is 5. The van der Waals surface area contributed by atoms with Crippen LogP contribution in [-0.4, -0.2) is 54.4 Å². The SMILES string of the molecule is CC(C)(C)NC(=O)CCNC(=O)NC1COCC1C(=O)O. The molecule has 4 N–H and O–H groups in total. The second-order valence-electron chi connectivity index (χ2n) is 6.04. The molecule has 1 saturated heterocycles. The van der Waals surface area contributed by atoms with Crippen molar-refractivity contribution in [1.29, 1.82) is 0 Å². The summed E-state index contributed by atoms with van der Waals surface area (Å²) in [5.41, 5.74) is -0.310. The predicted molar refractivity (Wildman–Crippen MR) is 74.8 cm³/mol. The van der Waals surface area contributed by atoms with E-state index in [-0.39, 0.29) is 37.6 Å². The first kappa shape index (κ1) is 17.2. The second-order valence-corrected chi connectivity index (χ2v) is 6.04. The Labute approximate surface area is 123 Å². The molecule has 1 aliphatic rings. The van der Waals surface area contributed by atoms with E-state index in [2.05, 4.69) is 16.0 Å². The van der Waals surface area contributed by atoms with E-state index in [1.165, 1.54) is 0 Å². The molecule has 0 aromatic rings. The number of urea groups is 1. The van der Waals surface area contributed by atoms with Crippen LogP contribution in [0.4, 0.5) is 4.79 Å². The standard InChI is InChI=1S/C13H23N3O5/c1-13(2,3)16-10(17)4-5-14-12(20)15-9-7-21-6-8(9)11(18)19/h8-9H,4-7H2,1-3H3,(H,16,17)(H,18,19)(H2,14,15,20). The quantitative estimate of drug-likeness (QED) is 0.556. The zero-order chi connectivity index (χ0) is 16.0. The average Bonchev–Trinajstić information content (AvgIpc) is 2.74. The summed E-state index contributed by atoms with van der Waals surface area (Å²) >= 11 is 0. The largest absolute Gasteiger partial charge is 0.481 e. The monoisotopic (exact) mass is 301 g/mol. The van der Waals surface area contributed by atoms with Crippen molar-refractivity contribution in [2.24, 2.45) is 5.92 Å². The molecule has 120 valence electrons. The Hall–Kier alpha value is -1.83. The summed E-state index contributed by atoms with van der Waals surface area (Å²) in [7, 11) is 0. The fourth-order valence-corrected chi connectivity index (χ4v) is 1.93. The molecule has 0 aromatic heterocycles. The van der Waals surface area contributed by atoms with Gasteiger partial charge in [0.1, 0.15) is 5.92 Å². The topological polar surface area (TPSA) is 117 Å². The lowest BCUT2D eigenvalue weighted by Gasteiger charge is -2.20. The highest BCUT2D eigenvalue weighted by atomic mass is 16.5. The van der Waals surface area contributed by atoms with Crippen LogP contribution < -0.4 is 16.0 Å². The maximum Gasteiger partial charge on any atom is 0.315 e. The van der Waals surface area contributed by atoms with Crippen molar-refractivity contribution in [3.05, 3.63) is 0 Å². The third kappa shape index (κ3) is 6.44. The molecule has 0 aromatic carbocycles. The first-order valence-electron chi connectivity index (χ1n) is 6.85. The van der Waals surface area contributed by atoms with Crippen LogP contribution in [-0.2, 0) is 14.3 Å². The summed E-state index contributed by atoms with van der Waals surface area (Å²) in [4.78, 5) is 34.1. The number of nitrogens with one attached hydrogen (secondary N) is 3. The predicted octanol–water partition coefficient (Wildman–Crippen LogP) is -0.310. The van der Waals surface area contributed by atoms with Crippen LogP contribution in [0.2, 0.25) is 0 Å². The maximum atomic E-state index is 11.6. The van der Waals surface area contributed by atoms with Gasteiger partial charge in [0, 0.05) is 18.5 Å². The third-order valence-corrected chi connectivity index (χ3v) is 2.87. The van der Waals surface area contributed by atoms with E-state index in [1.807, 2.05) is 20.8 Å². The second kappa shape index (κ2) is 7.26. The Balaban J connectivity index is 2.25. The molecule has 8 heteroatoms. The van der Waals surface area contributed by atoms with E-state index < -0.39 is 24.0 Å². The fourth-order valence-electron chi connectivity index (χ4n) is 1.93. The summed E-state index contributed by atoms with van der Waals surface area (Å²) in [5.74, 6) is -1.89. The highest BCUT2D eigenvalue weighted by Crippen LogP contribution is 2.13. The average molecular weight is 301 g/mol. The number of hydrogen-bond donors (Lipinski definition) is 4. The van der Waals surface area contributed by atoms with Crippen molar-refractivity contribution in [3.63, 3.8) is 0 Å². The molecule has 0 bridgehead atoms. The summed E-state index contributed by atoms with van der Waals surface area (Å²) in [6.07, 6.45) is 0.161. The summed E-state index contributed by atoms with van der Waals surface area (Å²) in [6, 6.07) is -1.05. The normalized spacial score (nSPS) is 21.7. The van der Waals surface area contributed by atoms with E-state index >= 15 is 0 Å². The smallest absolute Gasteiger partial charge is 0.315 e. The van der Waals surface area contributed by atoms with E-state index in [0.717, 1.165) is 0 Å². The first-order chi connectivity index (χ1) is 9.69. The molecule has 21 heavy (non-hydrogen) atoms. The van der Waals surface area contributed by atoms with Gasteiger partial charge in [0.15, 0.2) is 0 Å². The third-order valence-electron chi connectivity index (χ3n) is 2.87. The zero-order valence-corrected chi connectivity index (χ0v) is 12.6. The molecular weight excluding hydrogens is 278 g/mol. The molecule has 1 rings (SSSR count). The molecule has 2 unspecified atom stereocenters. The number of hydrogen-bond acceptors (Lipinski definition) is 4. The first-order valence-corrected chi connectivity index (χ1v) is 6.85. The summed E-state index contributed by atoms with van der Waals surface area (Å²) in [5, 5.41) is 16.8. The van der Waals surface area contributed by atoms with Crippen LogP contribution in [0.15, 0.2) is 0 Å². The Kier molecular flexibility index (Phi) is 5.95. The van der Waals surface area contributed by atoms with Gasteiger partial charge in [-0.2, -0.15) is 0 Å². The minimum atomic E-state index is -0.998. The zero-order valence-electron chi connectivity index (χ0n) is 12.6. The number of carbonyl (C=O) groups is 3. The van der Waals surface area contributed by atoms with Crippen molar-refractivity contribution in [1.82, 2.24) is 16.0 Å². The van der Waals surface area contributed by atoms with Crippen molar-refractivity contribution in [2.45, 2.75) is 38.8 Å². The lowest BCUT2D eigenvalue weighted by Crippen LogP contribution is -2.48. The Bertz CT molecular complexity index is 405. The molecule has 3 amide bonds. The molecule has 0 radical (unpaired) electrons. The van der Waals surface area contributed by atoms with Crippen LogP contribution in [0, 0.1) is 5.92 Å². The van der Waals surface area contributed by atoms with E-state index in [9.17, 15) is 14.4 Å². The van der Waals surface area contributed by atoms with Gasteiger partial charge >= 0.3 is 12.0 Å². The molecule has 0 aliphatic carbocycles. The summed E-state index contributed by atoms with van der Waals surface area (Å²) in [6.45, 7) is 6.06. The van der Waals surface area contributed by atoms with Crippen molar-refractivity contribution in [3.8, 4) is 0 Å². The minimum Gasteiger partial charge on any atom is -0.481 e. The molecule has 0 saturated carbocycles. The van der Waals surface area contributed by atoms with Gasteiger partial charge in [-0.05, 0) is 20.8 Å². The van der Waals surface area contributed by atoms with Crippen LogP contribution >= 0.6 is 0 Å². The Morgan fingerprint density at radius 3 is 2.48 bits per heavy atom. The Morgan fingerprint density at radius 2 is 1.90 bits per heavy atom. The minimum absolute atomic E-state index is 0.0915. The van der Waals surface area contributed by atoms with Crippen LogP contribution in [0.3, 0.4) is 0 Å². The lowest BCUT2D eigenvalue weighted by molar-refractivity contribution is -0.142. The molecule has 0 spiro atoms. The number of carboxylic acids is 1. The van der Waals surface area contributed by atoms with Crippen molar-refractivity contribution >= 4 is 17.9 Å². The molecule has 1 fully saturated rings. The van der Waals surface area contributed by atoms with Gasteiger partial charge in [-0.3, -0.25) is 9.59 Å². The van der Waals surface area contributed by atoms with Gasteiger partial charge in [-0.1, -0.05) is 0 Å². The van der Waals surface area contributed by atoms with Crippen molar-refractivity contribution in [2.75, 3.05) is 19.8 Å². The summed E-state index contributed by atoms with van der Waals surface area (Å²) < 4.78 is 5.04. The van der Waals surface area contributed by atoms with Crippen molar-refractivity contribution < 1.29 is 24.2 Å². The highest BCUT2D eigenvalue weighted by Gasteiger charge is 2.34. The van der Waals surface area contributed by atoms with Crippen LogP contribution in [0.5, 0.6) is 0 Å². The number of carbonyl (C=O) groups excluding carboxylic acids is 2. The molecule has 1 aliphatic heterocycles. The Morgan fingerprint density at radius 1 is 1.24 bits per heavy atom. The maximum absolute atomic E-state index is 11.6. The van der Waals surface area contributed by atoms with Gasteiger partial charge in [0.2, 0.25) is 5.91 Å². The molecular formula is C13H23N3O5. The van der Waals surface area contributed by atoms with Gasteiger partial charge < -0.3 is 25.8 Å². The molecule has 1 heterocycles. The van der Waals surface area contributed by atoms with Gasteiger partial charge in [0.25, 0.3) is 0 Å². The fraction of sp³-hybridized carbons (Fsp3) is 0.769. The number of amides is 3. The van der Waals surface area contributed by atoms with E-state index in [0.29, 0.717) is 0 Å². The number of ether oxygens (including phenoxy) is 1. The van der Waals surface area contributed by atoms with Gasteiger partial charge in [0.05, 0.1) is 19.3 Å². The molecule has 2 atom stereocenters.